The summed E-state index contributed by atoms with van der Waals surface area (Å²) in [5, 5.41) is 20.8. The molecule has 2 unspecified atom stereocenters. The highest BCUT2D eigenvalue weighted by Gasteiger charge is 2.21. The minimum atomic E-state index is -1.43. The number of rotatable bonds is 5. The third kappa shape index (κ3) is 4.17. The molecule has 3 aromatic rings. The third-order valence-electron chi connectivity index (χ3n) is 4.09. The summed E-state index contributed by atoms with van der Waals surface area (Å²) in [5.74, 6) is -0.378. The van der Waals surface area contributed by atoms with Gasteiger partial charge in [-0.25, -0.2) is 4.79 Å². The van der Waals surface area contributed by atoms with Crippen LogP contribution in [0.5, 0.6) is 5.75 Å². The normalized spacial score (nSPS) is 13.0. The molecule has 0 saturated carbocycles. The predicted octanol–water partition coefficient (Wildman–Crippen LogP) is 3.72. The molecule has 0 amide bonds. The molecule has 0 aliphatic carbocycles. The molecule has 0 fully saturated rings. The lowest BCUT2D eigenvalue weighted by Gasteiger charge is -2.15. The van der Waals surface area contributed by atoms with Crippen LogP contribution in [0, 0.1) is 6.92 Å². The minimum absolute atomic E-state index is 0.370. The number of aryl methyl sites for hydroxylation is 1. The molecule has 2 atom stereocenters. The van der Waals surface area contributed by atoms with Crippen molar-refractivity contribution < 1.29 is 19.7 Å². The molecular formula is C22H20O4. The van der Waals surface area contributed by atoms with Crippen molar-refractivity contribution in [1.82, 2.24) is 0 Å². The van der Waals surface area contributed by atoms with Crippen LogP contribution in [0.3, 0.4) is 0 Å². The first-order valence-corrected chi connectivity index (χ1v) is 8.34. The first-order valence-electron chi connectivity index (χ1n) is 8.34. The van der Waals surface area contributed by atoms with Crippen LogP contribution in [0.25, 0.3) is 0 Å². The van der Waals surface area contributed by atoms with Crippen LogP contribution in [-0.2, 0) is 4.79 Å². The van der Waals surface area contributed by atoms with E-state index in [-0.39, 0.29) is 0 Å². The molecule has 0 radical (unpaired) electrons. The Bertz CT molecular complexity index is 889. The molecule has 3 aromatic carbocycles. The van der Waals surface area contributed by atoms with E-state index in [1.807, 2.05) is 43.3 Å². The maximum Gasteiger partial charge on any atom is 0.345 e. The second kappa shape index (κ2) is 7.95. The van der Waals surface area contributed by atoms with Crippen molar-refractivity contribution in [2.24, 2.45) is 0 Å². The van der Waals surface area contributed by atoms with E-state index in [9.17, 15) is 15.0 Å². The number of ether oxygens (including phenoxy) is 1. The molecule has 3 rings (SSSR count). The summed E-state index contributed by atoms with van der Waals surface area (Å²) in [4.78, 5) is 12.2. The number of hydrogen-bond acceptors (Lipinski definition) is 4. The summed E-state index contributed by atoms with van der Waals surface area (Å²) in [6.45, 7) is 1.89. The molecular weight excluding hydrogens is 328 g/mol. The Hall–Kier alpha value is -2.95. The van der Waals surface area contributed by atoms with Crippen LogP contribution in [0.1, 0.15) is 34.5 Å². The van der Waals surface area contributed by atoms with E-state index in [4.69, 9.17) is 4.74 Å². The third-order valence-corrected chi connectivity index (χ3v) is 4.09. The van der Waals surface area contributed by atoms with Gasteiger partial charge in [-0.05, 0) is 47.4 Å². The van der Waals surface area contributed by atoms with Gasteiger partial charge in [0.05, 0.1) is 0 Å². The fourth-order valence-electron chi connectivity index (χ4n) is 2.71. The summed E-state index contributed by atoms with van der Waals surface area (Å²) >= 11 is 0. The van der Waals surface area contributed by atoms with Gasteiger partial charge in [-0.3, -0.25) is 0 Å². The molecule has 4 heteroatoms. The lowest BCUT2D eigenvalue weighted by molar-refractivity contribution is -0.144. The van der Waals surface area contributed by atoms with E-state index in [1.165, 1.54) is 0 Å². The zero-order valence-corrected chi connectivity index (χ0v) is 14.4. The van der Waals surface area contributed by atoms with Gasteiger partial charge in [0.1, 0.15) is 11.9 Å². The lowest BCUT2D eigenvalue weighted by Crippen LogP contribution is -2.18. The van der Waals surface area contributed by atoms with Gasteiger partial charge < -0.3 is 14.9 Å². The highest BCUT2D eigenvalue weighted by atomic mass is 16.5. The summed E-state index contributed by atoms with van der Waals surface area (Å²) in [6.07, 6.45) is -2.27. The maximum absolute atomic E-state index is 12.2. The van der Waals surface area contributed by atoms with Crippen LogP contribution in [0.4, 0.5) is 0 Å². The monoisotopic (exact) mass is 348 g/mol. The van der Waals surface area contributed by atoms with Crippen molar-refractivity contribution in [3.63, 3.8) is 0 Å². The van der Waals surface area contributed by atoms with Crippen molar-refractivity contribution in [3.05, 3.63) is 101 Å². The number of aliphatic hydroxyl groups excluding tert-OH is 2. The number of hydrogen-bond donors (Lipinski definition) is 2. The Morgan fingerprint density at radius 3 is 2.19 bits per heavy atom. The average Bonchev–Trinajstić information content (AvgIpc) is 2.67. The first-order chi connectivity index (χ1) is 12.5. The van der Waals surface area contributed by atoms with Crippen LogP contribution < -0.4 is 4.74 Å². The van der Waals surface area contributed by atoms with Crippen molar-refractivity contribution in [2.75, 3.05) is 0 Å². The van der Waals surface area contributed by atoms with Crippen molar-refractivity contribution >= 4 is 5.97 Å². The molecule has 0 heterocycles. The number of esters is 1. The molecule has 2 N–H and O–H groups in total. The summed E-state index contributed by atoms with van der Waals surface area (Å²) in [7, 11) is 0. The highest BCUT2D eigenvalue weighted by molar-refractivity contribution is 5.78. The van der Waals surface area contributed by atoms with E-state index >= 15 is 0 Å². The zero-order valence-electron chi connectivity index (χ0n) is 14.4. The molecule has 26 heavy (non-hydrogen) atoms. The largest absolute Gasteiger partial charge is 0.424 e. The second-order valence-corrected chi connectivity index (χ2v) is 6.12. The Morgan fingerprint density at radius 1 is 0.808 bits per heavy atom. The van der Waals surface area contributed by atoms with Gasteiger partial charge >= 0.3 is 5.97 Å². The minimum Gasteiger partial charge on any atom is -0.424 e. The topological polar surface area (TPSA) is 66.8 Å². The second-order valence-electron chi connectivity index (χ2n) is 6.12. The highest BCUT2D eigenvalue weighted by Crippen LogP contribution is 2.25. The van der Waals surface area contributed by atoms with Crippen LogP contribution in [0.2, 0.25) is 0 Å². The molecule has 0 saturated heterocycles. The smallest absolute Gasteiger partial charge is 0.345 e. The van der Waals surface area contributed by atoms with E-state index < -0.39 is 18.2 Å². The van der Waals surface area contributed by atoms with E-state index in [0.717, 1.165) is 11.1 Å². The molecule has 132 valence electrons. The molecule has 0 bridgehead atoms. The van der Waals surface area contributed by atoms with E-state index in [1.54, 1.807) is 42.5 Å². The quantitative estimate of drug-likeness (QED) is 0.545. The van der Waals surface area contributed by atoms with Crippen LogP contribution in [0.15, 0.2) is 78.9 Å². The molecule has 0 aliphatic heterocycles. The van der Waals surface area contributed by atoms with Crippen molar-refractivity contribution in [3.8, 4) is 5.75 Å². The molecule has 0 spiro atoms. The van der Waals surface area contributed by atoms with Gasteiger partial charge in [0.25, 0.3) is 0 Å². The fourth-order valence-corrected chi connectivity index (χ4v) is 2.71. The van der Waals surface area contributed by atoms with Crippen molar-refractivity contribution in [1.29, 1.82) is 0 Å². The number of carbonyl (C=O) groups excluding carboxylic acids is 1. The summed E-state index contributed by atoms with van der Waals surface area (Å²) in [5.41, 5.74) is 2.66. The van der Waals surface area contributed by atoms with Crippen LogP contribution in [-0.4, -0.2) is 16.2 Å². The number of aliphatic hydroxyl groups is 2. The standard InChI is InChI=1S/C22H20O4/c1-15-7-5-12-19(13-15)26-22(25)21(24)18-11-6-10-17(14-18)20(23)16-8-3-2-4-9-16/h2-14,20-21,23-24H,1H3. The van der Waals surface area contributed by atoms with Crippen LogP contribution >= 0.6 is 0 Å². The van der Waals surface area contributed by atoms with E-state index in [0.29, 0.717) is 16.9 Å². The van der Waals surface area contributed by atoms with Gasteiger partial charge in [0, 0.05) is 0 Å². The Balaban J connectivity index is 1.77. The molecule has 0 aromatic heterocycles. The average molecular weight is 348 g/mol. The van der Waals surface area contributed by atoms with Gasteiger partial charge in [0.15, 0.2) is 6.10 Å². The summed E-state index contributed by atoms with van der Waals surface area (Å²) in [6, 6.07) is 22.9. The Kier molecular flexibility index (Phi) is 5.46. The predicted molar refractivity (Wildman–Crippen MR) is 98.7 cm³/mol. The zero-order chi connectivity index (χ0) is 18.5. The Labute approximate surface area is 152 Å². The van der Waals surface area contributed by atoms with Crippen molar-refractivity contribution in [2.45, 2.75) is 19.1 Å². The van der Waals surface area contributed by atoms with E-state index in [2.05, 4.69) is 0 Å². The fraction of sp³-hybridized carbons (Fsp3) is 0.136. The first kappa shape index (κ1) is 17.9. The SMILES string of the molecule is Cc1cccc(OC(=O)C(O)c2cccc(C(O)c3ccccc3)c2)c1. The number of carbonyl (C=O) groups is 1. The maximum atomic E-state index is 12.2. The molecule has 0 aliphatic rings. The van der Waals surface area contributed by atoms with Gasteiger partial charge in [0.2, 0.25) is 0 Å². The van der Waals surface area contributed by atoms with Gasteiger partial charge in [-0.2, -0.15) is 0 Å². The Morgan fingerprint density at radius 2 is 1.46 bits per heavy atom. The number of benzene rings is 3. The molecule has 4 nitrogen and oxygen atoms in total. The summed E-state index contributed by atoms with van der Waals surface area (Å²) < 4.78 is 5.24. The van der Waals surface area contributed by atoms with Gasteiger partial charge in [-0.15, -0.1) is 0 Å². The lowest BCUT2D eigenvalue weighted by atomic mass is 9.98. The van der Waals surface area contributed by atoms with Gasteiger partial charge in [-0.1, -0.05) is 60.7 Å².